The van der Waals surface area contributed by atoms with Crippen LogP contribution in [0.4, 0.5) is 0 Å². The summed E-state index contributed by atoms with van der Waals surface area (Å²) in [4.78, 5) is 12.5. The number of hydrogen-bond donors (Lipinski definition) is 2. The fourth-order valence-electron chi connectivity index (χ4n) is 2.57. The summed E-state index contributed by atoms with van der Waals surface area (Å²) in [5.74, 6) is 0.953. The molecule has 25 heavy (non-hydrogen) atoms. The number of phenolic OH excluding ortho intramolecular Hbond substituents is 1. The van der Waals surface area contributed by atoms with E-state index in [2.05, 4.69) is 0 Å². The van der Waals surface area contributed by atoms with Gasteiger partial charge in [0.25, 0.3) is 0 Å². The molecular formula is C20H18O4S. The Bertz CT molecular complexity index is 938. The SMILES string of the molecule is Cc1cc(-c2cc(O)c(SCc3ccccc3)c(=O)o2)cc(C)c1O. The predicted molar refractivity (Wildman–Crippen MR) is 99.2 cm³/mol. The topological polar surface area (TPSA) is 70.7 Å². The highest BCUT2D eigenvalue weighted by molar-refractivity contribution is 7.98. The van der Waals surface area contributed by atoms with Crippen LogP contribution in [0.3, 0.4) is 0 Å². The summed E-state index contributed by atoms with van der Waals surface area (Å²) < 4.78 is 5.40. The van der Waals surface area contributed by atoms with Crippen molar-refractivity contribution in [3.63, 3.8) is 0 Å². The zero-order valence-corrected chi connectivity index (χ0v) is 14.8. The summed E-state index contributed by atoms with van der Waals surface area (Å²) in [6.07, 6.45) is 0. The van der Waals surface area contributed by atoms with E-state index in [1.165, 1.54) is 17.8 Å². The first-order chi connectivity index (χ1) is 12.0. The third kappa shape index (κ3) is 3.72. The number of benzene rings is 2. The number of aromatic hydroxyl groups is 2. The van der Waals surface area contributed by atoms with Crippen LogP contribution < -0.4 is 5.63 Å². The maximum absolute atomic E-state index is 12.3. The van der Waals surface area contributed by atoms with E-state index < -0.39 is 5.63 Å². The Morgan fingerprint density at radius 3 is 2.24 bits per heavy atom. The summed E-state index contributed by atoms with van der Waals surface area (Å²) >= 11 is 1.24. The van der Waals surface area contributed by atoms with Gasteiger partial charge in [-0.1, -0.05) is 30.3 Å². The fourth-order valence-corrected chi connectivity index (χ4v) is 3.44. The summed E-state index contributed by atoms with van der Waals surface area (Å²) in [5, 5.41) is 20.1. The van der Waals surface area contributed by atoms with Gasteiger partial charge in [-0.2, -0.15) is 0 Å². The minimum absolute atomic E-state index is 0.101. The van der Waals surface area contributed by atoms with Crippen molar-refractivity contribution < 1.29 is 14.6 Å². The molecule has 2 aromatic carbocycles. The highest BCUT2D eigenvalue weighted by Crippen LogP contribution is 2.33. The minimum Gasteiger partial charge on any atom is -0.507 e. The highest BCUT2D eigenvalue weighted by Gasteiger charge is 2.15. The van der Waals surface area contributed by atoms with Crippen molar-refractivity contribution >= 4 is 11.8 Å². The van der Waals surface area contributed by atoms with Crippen molar-refractivity contribution in [1.29, 1.82) is 0 Å². The van der Waals surface area contributed by atoms with Crippen molar-refractivity contribution in [3.8, 4) is 22.8 Å². The first-order valence-corrected chi connectivity index (χ1v) is 8.78. The van der Waals surface area contributed by atoms with Crippen LogP contribution in [0.2, 0.25) is 0 Å². The lowest BCUT2D eigenvalue weighted by molar-refractivity contribution is 0.430. The van der Waals surface area contributed by atoms with Crippen molar-refractivity contribution in [2.45, 2.75) is 24.5 Å². The quantitative estimate of drug-likeness (QED) is 0.669. The third-order valence-electron chi connectivity index (χ3n) is 3.89. The number of thioether (sulfide) groups is 1. The summed E-state index contributed by atoms with van der Waals surface area (Å²) in [5.41, 5.74) is 2.48. The molecule has 0 fully saturated rings. The van der Waals surface area contributed by atoms with Gasteiger partial charge in [0, 0.05) is 17.4 Å². The van der Waals surface area contributed by atoms with Gasteiger partial charge in [-0.15, -0.1) is 11.8 Å². The van der Waals surface area contributed by atoms with Gasteiger partial charge in [0.2, 0.25) is 0 Å². The zero-order valence-electron chi connectivity index (χ0n) is 13.9. The Morgan fingerprint density at radius 1 is 1.00 bits per heavy atom. The van der Waals surface area contributed by atoms with Crippen LogP contribution in [0.15, 0.2) is 62.6 Å². The molecular weight excluding hydrogens is 336 g/mol. The van der Waals surface area contributed by atoms with Crippen LogP contribution in [-0.4, -0.2) is 10.2 Å². The van der Waals surface area contributed by atoms with Crippen LogP contribution >= 0.6 is 11.8 Å². The van der Waals surface area contributed by atoms with Crippen molar-refractivity contribution in [1.82, 2.24) is 0 Å². The van der Waals surface area contributed by atoms with E-state index in [-0.39, 0.29) is 22.2 Å². The van der Waals surface area contributed by atoms with Gasteiger partial charge < -0.3 is 14.6 Å². The smallest absolute Gasteiger partial charge is 0.353 e. The maximum Gasteiger partial charge on any atom is 0.353 e. The summed E-state index contributed by atoms with van der Waals surface area (Å²) in [6, 6.07) is 14.6. The Hall–Kier alpha value is -2.66. The fraction of sp³-hybridized carbons (Fsp3) is 0.150. The Morgan fingerprint density at radius 2 is 1.64 bits per heavy atom. The molecule has 0 spiro atoms. The molecule has 3 aromatic rings. The van der Waals surface area contributed by atoms with Gasteiger partial charge in [-0.05, 0) is 42.7 Å². The van der Waals surface area contributed by atoms with Gasteiger partial charge >= 0.3 is 5.63 Å². The Balaban J connectivity index is 1.91. The van der Waals surface area contributed by atoms with E-state index in [0.29, 0.717) is 22.4 Å². The normalized spacial score (nSPS) is 10.8. The van der Waals surface area contributed by atoms with Crippen LogP contribution in [0.25, 0.3) is 11.3 Å². The molecule has 128 valence electrons. The molecule has 2 N–H and O–H groups in total. The van der Waals surface area contributed by atoms with E-state index in [1.807, 2.05) is 30.3 Å². The largest absolute Gasteiger partial charge is 0.507 e. The van der Waals surface area contributed by atoms with Gasteiger partial charge in [0.1, 0.15) is 22.2 Å². The first-order valence-electron chi connectivity index (χ1n) is 7.80. The predicted octanol–water partition coefficient (Wildman–Crippen LogP) is 4.63. The molecule has 1 heterocycles. The lowest BCUT2D eigenvalue weighted by Crippen LogP contribution is -2.03. The molecule has 0 amide bonds. The third-order valence-corrected chi connectivity index (χ3v) is 5.03. The molecule has 0 radical (unpaired) electrons. The van der Waals surface area contributed by atoms with Gasteiger partial charge in [0.05, 0.1) is 0 Å². The molecule has 1 aromatic heterocycles. The van der Waals surface area contributed by atoms with Crippen molar-refractivity contribution in [2.24, 2.45) is 0 Å². The molecule has 0 aliphatic carbocycles. The van der Waals surface area contributed by atoms with E-state index in [0.717, 1.165) is 5.56 Å². The van der Waals surface area contributed by atoms with Gasteiger partial charge in [-0.25, -0.2) is 4.79 Å². The Kier molecular flexibility index (Phi) is 4.86. The summed E-state index contributed by atoms with van der Waals surface area (Å²) in [7, 11) is 0. The Labute approximate surface area is 149 Å². The number of rotatable bonds is 4. The molecule has 0 saturated carbocycles. The zero-order chi connectivity index (χ0) is 18.0. The first kappa shape index (κ1) is 17.2. The van der Waals surface area contributed by atoms with Crippen LogP contribution in [0, 0.1) is 13.8 Å². The van der Waals surface area contributed by atoms with Crippen molar-refractivity contribution in [3.05, 3.63) is 75.6 Å². The van der Waals surface area contributed by atoms with Crippen LogP contribution in [0.1, 0.15) is 16.7 Å². The second-order valence-corrected chi connectivity index (χ2v) is 6.83. The van der Waals surface area contributed by atoms with E-state index in [4.69, 9.17) is 4.42 Å². The highest BCUT2D eigenvalue weighted by atomic mass is 32.2. The molecule has 0 aliphatic heterocycles. The average Bonchev–Trinajstić information content (AvgIpc) is 2.59. The molecule has 3 rings (SSSR count). The van der Waals surface area contributed by atoms with Crippen molar-refractivity contribution in [2.75, 3.05) is 0 Å². The number of aryl methyl sites for hydroxylation is 2. The monoisotopic (exact) mass is 354 g/mol. The lowest BCUT2D eigenvalue weighted by Gasteiger charge is -2.09. The molecule has 4 nitrogen and oxygen atoms in total. The number of hydrogen-bond acceptors (Lipinski definition) is 5. The standard InChI is InChI=1S/C20H18O4S/c1-12-8-15(9-13(2)18(12)22)17-10-16(21)19(20(23)24-17)25-11-14-6-4-3-5-7-14/h3-10,21-22H,11H2,1-2H3. The summed E-state index contributed by atoms with van der Waals surface area (Å²) in [6.45, 7) is 3.54. The molecule has 0 atom stereocenters. The average molecular weight is 354 g/mol. The van der Waals surface area contributed by atoms with Crippen LogP contribution in [0.5, 0.6) is 11.5 Å². The lowest BCUT2D eigenvalue weighted by atomic mass is 10.0. The second kappa shape index (κ2) is 7.07. The number of phenols is 1. The molecule has 5 heteroatoms. The maximum atomic E-state index is 12.3. The molecule has 0 saturated heterocycles. The molecule has 0 unspecified atom stereocenters. The molecule has 0 aliphatic rings. The van der Waals surface area contributed by atoms with Gasteiger partial charge in [0.15, 0.2) is 0 Å². The van der Waals surface area contributed by atoms with E-state index in [9.17, 15) is 15.0 Å². The van der Waals surface area contributed by atoms with E-state index >= 15 is 0 Å². The van der Waals surface area contributed by atoms with Gasteiger partial charge in [-0.3, -0.25) is 0 Å². The van der Waals surface area contributed by atoms with E-state index in [1.54, 1.807) is 26.0 Å². The second-order valence-electron chi connectivity index (χ2n) is 5.85. The minimum atomic E-state index is -0.570. The molecule has 0 bridgehead atoms. The van der Waals surface area contributed by atoms with Crippen LogP contribution in [-0.2, 0) is 5.75 Å².